The fourth-order valence-corrected chi connectivity index (χ4v) is 4.72. The Hall–Kier alpha value is -0.711. The summed E-state index contributed by atoms with van der Waals surface area (Å²) >= 11 is -2.02. The summed E-state index contributed by atoms with van der Waals surface area (Å²) in [5, 5.41) is 0. The number of ether oxygens (including phenoxy) is 2. The van der Waals surface area contributed by atoms with Crippen molar-refractivity contribution in [3.05, 3.63) is 24.3 Å². The normalized spacial score (nSPS) is 12.1. The summed E-state index contributed by atoms with van der Waals surface area (Å²) in [5.74, 6) is 0.531. The van der Waals surface area contributed by atoms with Crippen LogP contribution in [0.2, 0.25) is 14.8 Å². The molecule has 0 unspecified atom stereocenters. The molecule has 0 atom stereocenters. The van der Waals surface area contributed by atoms with Gasteiger partial charge < -0.3 is 0 Å². The number of benzene rings is 1. The quantitative estimate of drug-likeness (QED) is 0.462. The van der Waals surface area contributed by atoms with Gasteiger partial charge in [0.25, 0.3) is 0 Å². The molecule has 0 heterocycles. The van der Waals surface area contributed by atoms with Gasteiger partial charge in [0.15, 0.2) is 0 Å². The Morgan fingerprint density at radius 3 is 1.94 bits per heavy atom. The van der Waals surface area contributed by atoms with Crippen LogP contribution in [0.1, 0.15) is 20.8 Å². The van der Waals surface area contributed by atoms with E-state index in [1.165, 1.54) is 3.58 Å². The molecule has 0 aromatic heterocycles. The molecule has 0 saturated heterocycles. The first-order valence-corrected chi connectivity index (χ1v) is 16.1. The van der Waals surface area contributed by atoms with Crippen molar-refractivity contribution < 1.29 is 14.3 Å². The van der Waals surface area contributed by atoms with Crippen molar-refractivity contribution >= 4 is 28.1 Å². The summed E-state index contributed by atoms with van der Waals surface area (Å²) in [5.41, 5.74) is -0.529. The topological polar surface area (TPSA) is 35.5 Å². The van der Waals surface area contributed by atoms with Crippen LogP contribution in [0.5, 0.6) is 5.75 Å². The molecule has 0 aliphatic carbocycles. The maximum absolute atomic E-state index is 11.5. The molecule has 1 aromatic carbocycles. The van der Waals surface area contributed by atoms with Gasteiger partial charge in [-0.3, -0.25) is 0 Å². The minimum absolute atomic E-state index is 0.529. The van der Waals surface area contributed by atoms with E-state index >= 15 is 0 Å². The summed E-state index contributed by atoms with van der Waals surface area (Å²) in [6, 6.07) is 7.77. The van der Waals surface area contributed by atoms with Crippen LogP contribution in [0.15, 0.2) is 24.3 Å². The molecule has 4 heteroatoms. The number of carbonyl (C=O) groups excluding carboxylic acids is 1. The number of rotatable bonds is 2. The van der Waals surface area contributed by atoms with E-state index in [-0.39, 0.29) is 0 Å². The first kappa shape index (κ1) is 15.3. The zero-order chi connectivity index (χ0) is 14.0. The number of hydrogen-bond acceptors (Lipinski definition) is 3. The van der Waals surface area contributed by atoms with Crippen molar-refractivity contribution in [2.45, 2.75) is 41.2 Å². The maximum atomic E-state index is 11.5. The molecule has 0 aliphatic heterocycles. The first-order chi connectivity index (χ1) is 8.08. The summed E-state index contributed by atoms with van der Waals surface area (Å²) in [4.78, 5) is 18.5. The van der Waals surface area contributed by atoms with E-state index in [0.717, 1.165) is 0 Å². The van der Waals surface area contributed by atoms with Crippen LogP contribution in [-0.2, 0) is 4.74 Å². The fourth-order valence-electron chi connectivity index (χ4n) is 1.39. The third kappa shape index (κ3) is 5.29. The Labute approximate surface area is 113 Å². The van der Waals surface area contributed by atoms with E-state index in [0.29, 0.717) is 5.75 Å². The molecular weight excluding hydrogens is 335 g/mol. The monoisotopic (exact) mass is 358 g/mol. The molecular formula is C14H22O3Sn. The molecule has 0 N–H and O–H groups in total. The first-order valence-electron chi connectivity index (χ1n) is 6.09. The molecule has 18 heavy (non-hydrogen) atoms. The Morgan fingerprint density at radius 2 is 1.56 bits per heavy atom. The van der Waals surface area contributed by atoms with Crippen LogP contribution in [0.25, 0.3) is 0 Å². The second-order valence-electron chi connectivity index (χ2n) is 6.34. The molecule has 0 aliphatic rings. The van der Waals surface area contributed by atoms with Gasteiger partial charge in [-0.2, -0.15) is 0 Å². The minimum atomic E-state index is -2.02. The predicted octanol–water partition coefficient (Wildman–Crippen LogP) is 3.55. The Kier molecular flexibility index (Phi) is 4.70. The molecule has 0 spiro atoms. The molecule has 1 rings (SSSR count). The van der Waals surface area contributed by atoms with Crippen LogP contribution in [0.3, 0.4) is 0 Å². The third-order valence-electron chi connectivity index (χ3n) is 2.31. The van der Waals surface area contributed by atoms with E-state index in [9.17, 15) is 4.79 Å². The molecule has 0 radical (unpaired) electrons. The van der Waals surface area contributed by atoms with E-state index < -0.39 is 30.1 Å². The summed E-state index contributed by atoms with van der Waals surface area (Å²) < 4.78 is 11.6. The van der Waals surface area contributed by atoms with E-state index in [1.54, 1.807) is 0 Å². The molecule has 100 valence electrons. The molecule has 0 fully saturated rings. The van der Waals surface area contributed by atoms with E-state index in [1.807, 2.05) is 32.9 Å². The van der Waals surface area contributed by atoms with Gasteiger partial charge in [-0.25, -0.2) is 0 Å². The number of carbonyl (C=O) groups is 1. The third-order valence-corrected chi connectivity index (χ3v) is 8.21. The van der Waals surface area contributed by atoms with Gasteiger partial charge in [-0.05, 0) is 0 Å². The van der Waals surface area contributed by atoms with Crippen molar-refractivity contribution in [2.75, 3.05) is 0 Å². The second kappa shape index (κ2) is 5.51. The Bertz CT molecular complexity index is 410. The standard InChI is InChI=1S/C11H13O3.3CH3.Sn/c1-11(2,3)14-10(12)13-9-7-5-4-6-8-9;;;;/h5-8H,1-3H3;3*1H3;. The van der Waals surface area contributed by atoms with Crippen LogP contribution in [0.4, 0.5) is 4.79 Å². The molecule has 1 aromatic rings. The van der Waals surface area contributed by atoms with Gasteiger partial charge in [-0.1, -0.05) is 0 Å². The molecule has 0 bridgehead atoms. The van der Waals surface area contributed by atoms with E-state index in [2.05, 4.69) is 27.0 Å². The summed E-state index contributed by atoms with van der Waals surface area (Å²) in [6.45, 7) is 5.43. The van der Waals surface area contributed by atoms with Gasteiger partial charge in [0, 0.05) is 0 Å². The predicted molar refractivity (Wildman–Crippen MR) is 76.3 cm³/mol. The van der Waals surface area contributed by atoms with Crippen molar-refractivity contribution in [1.29, 1.82) is 0 Å². The van der Waals surface area contributed by atoms with Crippen molar-refractivity contribution in [3.63, 3.8) is 0 Å². The molecule has 0 saturated carbocycles. The summed E-state index contributed by atoms with van der Waals surface area (Å²) in [6.07, 6.45) is -0.658. The van der Waals surface area contributed by atoms with Gasteiger partial charge in [0.1, 0.15) is 0 Å². The average molecular weight is 357 g/mol. The van der Waals surface area contributed by atoms with Crippen molar-refractivity contribution in [1.82, 2.24) is 0 Å². The second-order valence-corrected chi connectivity index (χ2v) is 20.8. The Morgan fingerprint density at radius 1 is 1.06 bits per heavy atom. The van der Waals surface area contributed by atoms with Crippen LogP contribution < -0.4 is 8.32 Å². The zero-order valence-corrected chi connectivity index (χ0v) is 14.9. The molecule has 0 amide bonds. The van der Waals surface area contributed by atoms with E-state index in [4.69, 9.17) is 9.47 Å². The van der Waals surface area contributed by atoms with Gasteiger partial charge >= 0.3 is 114 Å². The Balaban J connectivity index is 2.67. The van der Waals surface area contributed by atoms with Crippen LogP contribution in [0, 0.1) is 0 Å². The average Bonchev–Trinajstić information content (AvgIpc) is 2.13. The van der Waals surface area contributed by atoms with Crippen LogP contribution in [-0.4, -0.2) is 30.1 Å². The van der Waals surface area contributed by atoms with Gasteiger partial charge in [-0.15, -0.1) is 0 Å². The fraction of sp³-hybridized carbons (Fsp3) is 0.500. The molecule has 3 nitrogen and oxygen atoms in total. The van der Waals surface area contributed by atoms with Crippen molar-refractivity contribution in [2.24, 2.45) is 0 Å². The van der Waals surface area contributed by atoms with Gasteiger partial charge in [0.2, 0.25) is 0 Å². The van der Waals surface area contributed by atoms with Crippen LogP contribution >= 0.6 is 0 Å². The SMILES string of the molecule is CC(C)(C)OC(=O)Oc1cc[c]([Sn]([CH3])([CH3])[CH3])cc1. The van der Waals surface area contributed by atoms with Gasteiger partial charge in [0.05, 0.1) is 0 Å². The van der Waals surface area contributed by atoms with Crippen molar-refractivity contribution in [3.8, 4) is 5.75 Å². The zero-order valence-electron chi connectivity index (χ0n) is 12.0. The summed E-state index contributed by atoms with van der Waals surface area (Å²) in [7, 11) is 0. The number of hydrogen-bond donors (Lipinski definition) is 0.